The number of aryl methyl sites for hydroxylation is 2. The highest BCUT2D eigenvalue weighted by Crippen LogP contribution is 2.35. The van der Waals surface area contributed by atoms with Crippen molar-refractivity contribution < 1.29 is 4.74 Å². The van der Waals surface area contributed by atoms with Crippen LogP contribution in [-0.2, 0) is 4.74 Å². The van der Waals surface area contributed by atoms with E-state index in [0.717, 1.165) is 60.6 Å². The molecular formula is C21H30ClN7O. The fourth-order valence-corrected chi connectivity index (χ4v) is 4.01. The van der Waals surface area contributed by atoms with Gasteiger partial charge in [0, 0.05) is 36.7 Å². The van der Waals surface area contributed by atoms with E-state index in [2.05, 4.69) is 22.1 Å². The number of halogens is 1. The minimum absolute atomic E-state index is 0. The fraction of sp³-hybridized carbons (Fsp3) is 0.524. The number of hydrogen-bond donors (Lipinski definition) is 2. The summed E-state index contributed by atoms with van der Waals surface area (Å²) in [6.07, 6.45) is 9.21. The summed E-state index contributed by atoms with van der Waals surface area (Å²) in [4.78, 5) is 9.20. The van der Waals surface area contributed by atoms with E-state index in [-0.39, 0.29) is 30.5 Å². The van der Waals surface area contributed by atoms with Crippen LogP contribution in [0.1, 0.15) is 55.6 Å². The molecular weight excluding hydrogens is 402 g/mol. The SMILES string of the molecule is CCCO[C@H]1C[C@@H](c2nc(-c3cn[nH]c3C)nn2-c2ccncc2C)CC[C@@H]1N.Cl. The number of nitrogens with one attached hydrogen (secondary N) is 1. The number of aromatic amines is 1. The van der Waals surface area contributed by atoms with Crippen molar-refractivity contribution in [2.75, 3.05) is 6.61 Å². The number of pyridine rings is 1. The molecule has 0 unspecified atom stereocenters. The zero-order valence-electron chi connectivity index (χ0n) is 17.7. The molecule has 1 aliphatic rings. The van der Waals surface area contributed by atoms with Gasteiger partial charge in [-0.15, -0.1) is 17.5 Å². The predicted molar refractivity (Wildman–Crippen MR) is 118 cm³/mol. The maximum Gasteiger partial charge on any atom is 0.185 e. The van der Waals surface area contributed by atoms with Crippen LogP contribution in [0.15, 0.2) is 24.7 Å². The second kappa shape index (κ2) is 9.68. The second-order valence-corrected chi connectivity index (χ2v) is 7.86. The molecule has 4 rings (SSSR count). The lowest BCUT2D eigenvalue weighted by atomic mass is 9.83. The van der Waals surface area contributed by atoms with Crippen LogP contribution in [0.3, 0.4) is 0 Å². The van der Waals surface area contributed by atoms with E-state index in [1.807, 2.05) is 30.8 Å². The fourth-order valence-electron chi connectivity index (χ4n) is 4.01. The van der Waals surface area contributed by atoms with Crippen molar-refractivity contribution in [2.45, 2.75) is 64.5 Å². The van der Waals surface area contributed by atoms with Crippen LogP contribution in [-0.4, -0.2) is 48.7 Å². The van der Waals surface area contributed by atoms with Crippen molar-refractivity contribution in [2.24, 2.45) is 5.73 Å². The highest BCUT2D eigenvalue weighted by Gasteiger charge is 2.33. The molecule has 1 saturated carbocycles. The molecule has 3 atom stereocenters. The lowest BCUT2D eigenvalue weighted by molar-refractivity contribution is 0.00884. The highest BCUT2D eigenvalue weighted by molar-refractivity contribution is 5.85. The minimum Gasteiger partial charge on any atom is -0.377 e. The van der Waals surface area contributed by atoms with E-state index in [1.165, 1.54) is 0 Å². The largest absolute Gasteiger partial charge is 0.377 e. The molecule has 3 N–H and O–H groups in total. The van der Waals surface area contributed by atoms with Gasteiger partial charge in [-0.2, -0.15) is 5.10 Å². The number of aromatic nitrogens is 6. The molecule has 3 aromatic heterocycles. The average molecular weight is 432 g/mol. The number of rotatable bonds is 6. The third-order valence-electron chi connectivity index (χ3n) is 5.67. The molecule has 0 aliphatic heterocycles. The summed E-state index contributed by atoms with van der Waals surface area (Å²) < 4.78 is 8.03. The molecule has 3 heterocycles. The molecule has 1 aliphatic carbocycles. The summed E-state index contributed by atoms with van der Waals surface area (Å²) in [6, 6.07) is 2.06. The zero-order valence-corrected chi connectivity index (χ0v) is 18.5. The van der Waals surface area contributed by atoms with Crippen LogP contribution in [0.4, 0.5) is 0 Å². The van der Waals surface area contributed by atoms with Gasteiger partial charge in [0.2, 0.25) is 0 Å². The average Bonchev–Trinajstić information content (AvgIpc) is 3.34. The summed E-state index contributed by atoms with van der Waals surface area (Å²) in [5.41, 5.74) is 10.3. The Kier molecular flexibility index (Phi) is 7.23. The maximum atomic E-state index is 6.35. The first-order valence-electron chi connectivity index (χ1n) is 10.3. The summed E-state index contributed by atoms with van der Waals surface area (Å²) >= 11 is 0. The number of nitrogens with zero attached hydrogens (tertiary/aromatic N) is 5. The molecule has 0 bridgehead atoms. The molecule has 0 radical (unpaired) electrons. The van der Waals surface area contributed by atoms with E-state index in [9.17, 15) is 0 Å². The Labute approximate surface area is 183 Å². The quantitative estimate of drug-likeness (QED) is 0.618. The van der Waals surface area contributed by atoms with Crippen molar-refractivity contribution in [1.82, 2.24) is 29.9 Å². The van der Waals surface area contributed by atoms with Gasteiger partial charge in [-0.25, -0.2) is 9.67 Å². The molecule has 162 valence electrons. The Hall–Kier alpha value is -2.29. The van der Waals surface area contributed by atoms with Crippen LogP contribution in [0.5, 0.6) is 0 Å². The van der Waals surface area contributed by atoms with Crippen molar-refractivity contribution in [1.29, 1.82) is 0 Å². The van der Waals surface area contributed by atoms with Crippen LogP contribution in [0.25, 0.3) is 17.1 Å². The van der Waals surface area contributed by atoms with Crippen molar-refractivity contribution in [3.8, 4) is 17.1 Å². The first kappa shape index (κ1) is 22.4. The first-order chi connectivity index (χ1) is 14.1. The highest BCUT2D eigenvalue weighted by atomic mass is 35.5. The monoisotopic (exact) mass is 431 g/mol. The normalized spacial score (nSPS) is 21.4. The van der Waals surface area contributed by atoms with Crippen molar-refractivity contribution in [3.05, 3.63) is 41.7 Å². The van der Waals surface area contributed by atoms with E-state index in [4.69, 9.17) is 20.6 Å². The molecule has 3 aromatic rings. The molecule has 0 spiro atoms. The van der Waals surface area contributed by atoms with Gasteiger partial charge >= 0.3 is 0 Å². The van der Waals surface area contributed by atoms with Gasteiger partial charge in [-0.05, 0) is 51.2 Å². The molecule has 0 saturated heterocycles. The Morgan fingerprint density at radius 2 is 2.10 bits per heavy atom. The Morgan fingerprint density at radius 3 is 2.80 bits per heavy atom. The molecule has 1 fully saturated rings. The summed E-state index contributed by atoms with van der Waals surface area (Å²) in [7, 11) is 0. The molecule has 0 aromatic carbocycles. The lowest BCUT2D eigenvalue weighted by Crippen LogP contribution is -2.42. The van der Waals surface area contributed by atoms with Crippen molar-refractivity contribution in [3.63, 3.8) is 0 Å². The van der Waals surface area contributed by atoms with Crippen molar-refractivity contribution >= 4 is 12.4 Å². The second-order valence-electron chi connectivity index (χ2n) is 7.86. The van der Waals surface area contributed by atoms with Gasteiger partial charge in [-0.3, -0.25) is 10.1 Å². The van der Waals surface area contributed by atoms with E-state index < -0.39 is 0 Å². The van der Waals surface area contributed by atoms with Gasteiger partial charge < -0.3 is 10.5 Å². The van der Waals surface area contributed by atoms with Gasteiger partial charge in [0.1, 0.15) is 5.82 Å². The third-order valence-corrected chi connectivity index (χ3v) is 5.67. The van der Waals surface area contributed by atoms with Gasteiger partial charge in [0.15, 0.2) is 5.82 Å². The molecule has 8 nitrogen and oxygen atoms in total. The summed E-state index contributed by atoms with van der Waals surface area (Å²) in [5.74, 6) is 1.87. The molecule has 9 heteroatoms. The zero-order chi connectivity index (χ0) is 20.4. The first-order valence-corrected chi connectivity index (χ1v) is 10.3. The Balaban J connectivity index is 0.00000256. The summed E-state index contributed by atoms with van der Waals surface area (Å²) in [5, 5.41) is 12.0. The molecule has 30 heavy (non-hydrogen) atoms. The number of nitrogens with two attached hydrogens (primary N) is 1. The maximum absolute atomic E-state index is 6.35. The van der Waals surface area contributed by atoms with Gasteiger partial charge in [-0.1, -0.05) is 6.92 Å². The summed E-state index contributed by atoms with van der Waals surface area (Å²) in [6.45, 7) is 6.88. The predicted octanol–water partition coefficient (Wildman–Crippen LogP) is 3.48. The van der Waals surface area contributed by atoms with Crippen LogP contribution in [0, 0.1) is 13.8 Å². The third kappa shape index (κ3) is 4.40. The minimum atomic E-state index is 0. The van der Waals surface area contributed by atoms with E-state index in [0.29, 0.717) is 5.82 Å². The Morgan fingerprint density at radius 1 is 1.27 bits per heavy atom. The van der Waals surface area contributed by atoms with E-state index in [1.54, 1.807) is 12.4 Å². The number of H-pyrrole nitrogens is 1. The number of hydrogen-bond acceptors (Lipinski definition) is 6. The number of ether oxygens (including phenoxy) is 1. The lowest BCUT2D eigenvalue weighted by Gasteiger charge is -2.33. The van der Waals surface area contributed by atoms with Crippen LogP contribution < -0.4 is 5.73 Å². The smallest absolute Gasteiger partial charge is 0.185 e. The van der Waals surface area contributed by atoms with Crippen LogP contribution in [0.2, 0.25) is 0 Å². The topological polar surface area (TPSA) is 108 Å². The molecule has 0 amide bonds. The standard InChI is InChI=1S/C21H29N7O.ClH/c1-4-9-29-19-10-15(5-6-17(19)22)21-25-20(16-12-24-26-14(16)3)27-28(21)18-7-8-23-11-13(18)2;/h7-8,11-12,15,17,19H,4-6,9-10,22H2,1-3H3,(H,24,26);1H/t15-,17-,19-;/m0./s1. The van der Waals surface area contributed by atoms with Gasteiger partial charge in [0.25, 0.3) is 0 Å². The Bertz CT molecular complexity index is 970. The van der Waals surface area contributed by atoms with Crippen LogP contribution >= 0.6 is 12.4 Å². The van der Waals surface area contributed by atoms with E-state index >= 15 is 0 Å². The van der Waals surface area contributed by atoms with Gasteiger partial charge in [0.05, 0.1) is 23.6 Å².